The number of hydrogen-bond acceptors (Lipinski definition) is 3. The Morgan fingerprint density at radius 3 is 2.30 bits per heavy atom. The highest BCUT2D eigenvalue weighted by molar-refractivity contribution is 5.76. The molecule has 2 aliphatic rings. The molecule has 0 spiro atoms. The summed E-state index contributed by atoms with van der Waals surface area (Å²) in [5, 5.41) is 3.16. The summed E-state index contributed by atoms with van der Waals surface area (Å²) in [5.41, 5.74) is 5.19. The fourth-order valence-electron chi connectivity index (χ4n) is 3.40. The number of nitrogens with two attached hydrogens (primary N) is 1. The molecule has 2 fully saturated rings. The molecule has 114 valence electrons. The SMILES string of the molecule is NC(=O)CN1CCC(NC(=O)CC2CCCCC2)CC1. The molecule has 20 heavy (non-hydrogen) atoms. The Bertz CT molecular complexity index is 332. The van der Waals surface area contributed by atoms with Crippen LogP contribution in [0.1, 0.15) is 51.4 Å². The summed E-state index contributed by atoms with van der Waals surface area (Å²) in [6, 6.07) is 0.273. The standard InChI is InChI=1S/C15H27N3O2/c16-14(19)11-18-8-6-13(7-9-18)17-15(20)10-12-4-2-1-3-5-12/h12-13H,1-11H2,(H2,16,19)(H,17,20). The molecule has 0 aromatic carbocycles. The van der Waals surface area contributed by atoms with E-state index in [1.54, 1.807) is 0 Å². The van der Waals surface area contributed by atoms with Gasteiger partial charge in [0.1, 0.15) is 0 Å². The van der Waals surface area contributed by atoms with Crippen molar-refractivity contribution >= 4 is 11.8 Å². The van der Waals surface area contributed by atoms with E-state index in [4.69, 9.17) is 5.73 Å². The molecule has 5 heteroatoms. The van der Waals surface area contributed by atoms with Crippen LogP contribution in [0, 0.1) is 5.92 Å². The van der Waals surface area contributed by atoms with E-state index >= 15 is 0 Å². The van der Waals surface area contributed by atoms with Crippen molar-refractivity contribution in [1.82, 2.24) is 10.2 Å². The molecule has 1 saturated heterocycles. The number of primary amides is 1. The normalized spacial score (nSPS) is 22.6. The highest BCUT2D eigenvalue weighted by atomic mass is 16.2. The van der Waals surface area contributed by atoms with E-state index in [0.717, 1.165) is 25.9 Å². The molecular weight excluding hydrogens is 254 g/mol. The monoisotopic (exact) mass is 281 g/mol. The molecule has 0 atom stereocenters. The number of nitrogens with one attached hydrogen (secondary N) is 1. The molecule has 0 bridgehead atoms. The molecule has 2 rings (SSSR count). The van der Waals surface area contributed by atoms with Crippen molar-refractivity contribution in [3.8, 4) is 0 Å². The van der Waals surface area contributed by atoms with Crippen molar-refractivity contribution in [2.45, 2.75) is 57.4 Å². The summed E-state index contributed by atoms with van der Waals surface area (Å²) in [5.74, 6) is 0.536. The van der Waals surface area contributed by atoms with Crippen molar-refractivity contribution < 1.29 is 9.59 Å². The zero-order valence-corrected chi connectivity index (χ0v) is 12.3. The van der Waals surface area contributed by atoms with Gasteiger partial charge >= 0.3 is 0 Å². The minimum atomic E-state index is -0.273. The van der Waals surface area contributed by atoms with Crippen LogP contribution in [0.4, 0.5) is 0 Å². The Balaban J connectivity index is 1.64. The van der Waals surface area contributed by atoms with Crippen molar-refractivity contribution in [3.63, 3.8) is 0 Å². The lowest BCUT2D eigenvalue weighted by Gasteiger charge is -2.32. The summed E-state index contributed by atoms with van der Waals surface area (Å²) in [4.78, 5) is 25.0. The molecule has 1 heterocycles. The second kappa shape index (κ2) is 7.62. The van der Waals surface area contributed by atoms with Gasteiger partial charge in [-0.05, 0) is 31.6 Å². The third-order valence-electron chi connectivity index (χ3n) is 4.53. The van der Waals surface area contributed by atoms with E-state index in [2.05, 4.69) is 10.2 Å². The van der Waals surface area contributed by atoms with E-state index < -0.39 is 0 Å². The molecule has 1 aliphatic carbocycles. The Hall–Kier alpha value is -1.10. The maximum Gasteiger partial charge on any atom is 0.231 e. The quantitative estimate of drug-likeness (QED) is 0.790. The Kier molecular flexibility index (Phi) is 5.83. The van der Waals surface area contributed by atoms with Crippen LogP contribution in [0.25, 0.3) is 0 Å². The van der Waals surface area contributed by atoms with Crippen LogP contribution >= 0.6 is 0 Å². The van der Waals surface area contributed by atoms with E-state index in [1.165, 1.54) is 32.1 Å². The molecule has 2 amide bonds. The second-order valence-corrected chi connectivity index (χ2v) is 6.29. The summed E-state index contributed by atoms with van der Waals surface area (Å²) >= 11 is 0. The lowest BCUT2D eigenvalue weighted by atomic mass is 9.86. The van der Waals surface area contributed by atoms with Crippen LogP contribution in [0.2, 0.25) is 0 Å². The van der Waals surface area contributed by atoms with E-state index in [0.29, 0.717) is 18.9 Å². The summed E-state index contributed by atoms with van der Waals surface area (Å²) in [6.45, 7) is 2.03. The molecule has 5 nitrogen and oxygen atoms in total. The van der Waals surface area contributed by atoms with Crippen LogP contribution in [-0.4, -0.2) is 42.4 Å². The molecule has 0 aromatic rings. The number of likely N-dealkylation sites (tertiary alicyclic amines) is 1. The second-order valence-electron chi connectivity index (χ2n) is 6.29. The van der Waals surface area contributed by atoms with Crippen molar-refractivity contribution in [1.29, 1.82) is 0 Å². The summed E-state index contributed by atoms with van der Waals surface area (Å²) in [7, 11) is 0. The predicted molar refractivity (Wildman–Crippen MR) is 78.0 cm³/mol. The van der Waals surface area contributed by atoms with Crippen LogP contribution in [0.15, 0.2) is 0 Å². The average molecular weight is 281 g/mol. The molecule has 1 aliphatic heterocycles. The van der Waals surface area contributed by atoms with E-state index in [9.17, 15) is 9.59 Å². The van der Waals surface area contributed by atoms with Gasteiger partial charge in [0.05, 0.1) is 6.54 Å². The van der Waals surface area contributed by atoms with Gasteiger partial charge in [0, 0.05) is 25.6 Å². The van der Waals surface area contributed by atoms with Gasteiger partial charge in [-0.15, -0.1) is 0 Å². The maximum absolute atomic E-state index is 12.0. The zero-order chi connectivity index (χ0) is 14.4. The molecule has 0 radical (unpaired) electrons. The van der Waals surface area contributed by atoms with Crippen molar-refractivity contribution in [3.05, 3.63) is 0 Å². The Labute approximate surface area is 121 Å². The Morgan fingerprint density at radius 1 is 1.05 bits per heavy atom. The van der Waals surface area contributed by atoms with Crippen LogP contribution in [0.5, 0.6) is 0 Å². The van der Waals surface area contributed by atoms with Gasteiger partial charge in [0.25, 0.3) is 0 Å². The number of rotatable bonds is 5. The zero-order valence-electron chi connectivity index (χ0n) is 12.3. The number of carbonyl (C=O) groups is 2. The number of nitrogens with zero attached hydrogens (tertiary/aromatic N) is 1. The lowest BCUT2D eigenvalue weighted by molar-refractivity contribution is -0.124. The minimum Gasteiger partial charge on any atom is -0.369 e. The first-order valence-corrected chi connectivity index (χ1v) is 7.93. The summed E-state index contributed by atoms with van der Waals surface area (Å²) < 4.78 is 0. The number of amides is 2. The smallest absolute Gasteiger partial charge is 0.231 e. The average Bonchev–Trinajstić information content (AvgIpc) is 2.41. The lowest BCUT2D eigenvalue weighted by Crippen LogP contribution is -2.47. The predicted octanol–water partition coefficient (Wildman–Crippen LogP) is 1.02. The first-order valence-electron chi connectivity index (χ1n) is 7.93. The van der Waals surface area contributed by atoms with Gasteiger partial charge in [0.2, 0.25) is 11.8 Å². The van der Waals surface area contributed by atoms with Crippen LogP contribution < -0.4 is 11.1 Å². The largest absolute Gasteiger partial charge is 0.369 e. The van der Waals surface area contributed by atoms with Gasteiger partial charge in [0.15, 0.2) is 0 Å². The molecule has 0 aromatic heterocycles. The van der Waals surface area contributed by atoms with Crippen LogP contribution in [-0.2, 0) is 9.59 Å². The Morgan fingerprint density at radius 2 is 1.70 bits per heavy atom. The van der Waals surface area contributed by atoms with Crippen molar-refractivity contribution in [2.75, 3.05) is 19.6 Å². The highest BCUT2D eigenvalue weighted by Gasteiger charge is 2.23. The third kappa shape index (κ3) is 5.12. The molecule has 1 saturated carbocycles. The fourth-order valence-corrected chi connectivity index (χ4v) is 3.40. The minimum absolute atomic E-state index is 0.213. The van der Waals surface area contributed by atoms with E-state index in [1.807, 2.05) is 0 Å². The first-order chi connectivity index (χ1) is 9.63. The van der Waals surface area contributed by atoms with Gasteiger partial charge in [-0.1, -0.05) is 19.3 Å². The molecule has 3 N–H and O–H groups in total. The molecule has 0 unspecified atom stereocenters. The van der Waals surface area contributed by atoms with Crippen LogP contribution in [0.3, 0.4) is 0 Å². The number of carbonyl (C=O) groups excluding carboxylic acids is 2. The summed E-state index contributed by atoms with van der Waals surface area (Å²) in [6.07, 6.45) is 8.85. The topological polar surface area (TPSA) is 75.4 Å². The third-order valence-corrected chi connectivity index (χ3v) is 4.53. The maximum atomic E-state index is 12.0. The van der Waals surface area contributed by atoms with E-state index in [-0.39, 0.29) is 17.9 Å². The van der Waals surface area contributed by atoms with Gasteiger partial charge < -0.3 is 11.1 Å². The number of piperidine rings is 1. The van der Waals surface area contributed by atoms with Gasteiger partial charge in [-0.25, -0.2) is 0 Å². The highest BCUT2D eigenvalue weighted by Crippen LogP contribution is 2.26. The number of hydrogen-bond donors (Lipinski definition) is 2. The van der Waals surface area contributed by atoms with Crippen molar-refractivity contribution in [2.24, 2.45) is 11.7 Å². The first kappa shape index (κ1) is 15.3. The van der Waals surface area contributed by atoms with Gasteiger partial charge in [-0.2, -0.15) is 0 Å². The fraction of sp³-hybridized carbons (Fsp3) is 0.867. The molecular formula is C15H27N3O2. The van der Waals surface area contributed by atoms with Gasteiger partial charge in [-0.3, -0.25) is 14.5 Å².